The molecule has 24 heavy (non-hydrogen) atoms. The summed E-state index contributed by atoms with van der Waals surface area (Å²) in [5.41, 5.74) is 1.00. The third-order valence-electron chi connectivity index (χ3n) is 3.16. The van der Waals surface area contributed by atoms with E-state index in [9.17, 15) is 0 Å². The van der Waals surface area contributed by atoms with Gasteiger partial charge >= 0.3 is 0 Å². The fourth-order valence-electron chi connectivity index (χ4n) is 1.95. The van der Waals surface area contributed by atoms with Gasteiger partial charge in [0.1, 0.15) is 0 Å². The van der Waals surface area contributed by atoms with Gasteiger partial charge < -0.3 is 15.5 Å². The van der Waals surface area contributed by atoms with Crippen LogP contribution in [0.5, 0.6) is 0 Å². The molecular formula is C16H26IN5S2. The lowest BCUT2D eigenvalue weighted by molar-refractivity contribution is 0.820. The zero-order valence-corrected chi connectivity index (χ0v) is 18.6. The van der Waals surface area contributed by atoms with E-state index in [-0.39, 0.29) is 24.0 Å². The lowest BCUT2D eigenvalue weighted by atomic mass is 10.4. The van der Waals surface area contributed by atoms with Gasteiger partial charge in [-0.05, 0) is 25.5 Å². The molecule has 0 unspecified atom stereocenters. The van der Waals surface area contributed by atoms with Crippen LogP contribution in [-0.4, -0.2) is 31.6 Å². The van der Waals surface area contributed by atoms with Crippen LogP contribution in [0.25, 0.3) is 0 Å². The summed E-state index contributed by atoms with van der Waals surface area (Å²) in [6.45, 7) is 6.49. The van der Waals surface area contributed by atoms with Gasteiger partial charge in [-0.2, -0.15) is 0 Å². The van der Waals surface area contributed by atoms with E-state index in [0.29, 0.717) is 6.54 Å². The molecule has 0 aromatic carbocycles. The smallest absolute Gasteiger partial charge is 0.191 e. The van der Waals surface area contributed by atoms with Gasteiger partial charge in [-0.3, -0.25) is 0 Å². The van der Waals surface area contributed by atoms with Crippen molar-refractivity contribution in [2.45, 2.75) is 33.4 Å². The maximum atomic E-state index is 4.62. The number of aromatic nitrogens is 1. The number of hydrogen-bond donors (Lipinski definition) is 2. The topological polar surface area (TPSA) is 52.6 Å². The molecule has 0 saturated heterocycles. The summed E-state index contributed by atoms with van der Waals surface area (Å²) in [5, 5.41) is 9.75. The molecule has 2 N–H and O–H groups in total. The number of nitrogens with zero attached hydrogens (tertiary/aromatic N) is 3. The highest BCUT2D eigenvalue weighted by atomic mass is 127. The highest BCUT2D eigenvalue weighted by Crippen LogP contribution is 2.18. The second-order valence-corrected chi connectivity index (χ2v) is 7.38. The number of aryl methyl sites for hydroxylation is 1. The first kappa shape index (κ1) is 21.2. The van der Waals surface area contributed by atoms with Crippen LogP contribution in [0.1, 0.15) is 29.3 Å². The first-order valence-electron chi connectivity index (χ1n) is 7.83. The molecule has 2 aromatic heterocycles. The number of thiophene rings is 1. The van der Waals surface area contributed by atoms with Gasteiger partial charge in [0, 0.05) is 35.8 Å². The highest BCUT2D eigenvalue weighted by Gasteiger charge is 2.05. The minimum Gasteiger partial charge on any atom is -0.357 e. The van der Waals surface area contributed by atoms with Crippen molar-refractivity contribution in [1.29, 1.82) is 0 Å². The summed E-state index contributed by atoms with van der Waals surface area (Å²) >= 11 is 3.50. The van der Waals surface area contributed by atoms with Crippen molar-refractivity contribution in [2.75, 3.05) is 25.5 Å². The molecule has 0 saturated carbocycles. The van der Waals surface area contributed by atoms with Crippen molar-refractivity contribution in [3.63, 3.8) is 0 Å². The van der Waals surface area contributed by atoms with Crippen LogP contribution in [0.3, 0.4) is 0 Å². The van der Waals surface area contributed by atoms with E-state index in [4.69, 9.17) is 0 Å². The van der Waals surface area contributed by atoms with Crippen molar-refractivity contribution < 1.29 is 0 Å². The Morgan fingerprint density at radius 1 is 1.21 bits per heavy atom. The van der Waals surface area contributed by atoms with Gasteiger partial charge in [0.15, 0.2) is 11.1 Å². The Bertz CT molecular complexity index is 636. The van der Waals surface area contributed by atoms with Gasteiger partial charge in [0.25, 0.3) is 0 Å². The number of thiazole rings is 1. The Kier molecular flexibility index (Phi) is 9.60. The quantitative estimate of drug-likeness (QED) is 0.361. The molecule has 0 bridgehead atoms. The van der Waals surface area contributed by atoms with Crippen LogP contribution in [0.15, 0.2) is 22.5 Å². The zero-order valence-electron chi connectivity index (χ0n) is 14.6. The number of halogens is 1. The van der Waals surface area contributed by atoms with Gasteiger partial charge in [-0.1, -0.05) is 6.92 Å². The fraction of sp³-hybridized carbons (Fsp3) is 0.500. The Labute approximate surface area is 169 Å². The molecule has 0 amide bonds. The molecule has 2 rings (SSSR count). The van der Waals surface area contributed by atoms with Crippen LogP contribution in [0.4, 0.5) is 5.13 Å². The van der Waals surface area contributed by atoms with Crippen molar-refractivity contribution in [3.05, 3.63) is 33.0 Å². The Hall–Kier alpha value is -0.870. The third kappa shape index (κ3) is 6.56. The molecule has 2 aromatic rings. The van der Waals surface area contributed by atoms with E-state index in [1.165, 1.54) is 9.75 Å². The van der Waals surface area contributed by atoms with E-state index in [0.717, 1.165) is 36.3 Å². The third-order valence-corrected chi connectivity index (χ3v) is 5.45. The Morgan fingerprint density at radius 2 is 1.96 bits per heavy atom. The Morgan fingerprint density at radius 3 is 2.54 bits per heavy atom. The lowest BCUT2D eigenvalue weighted by Gasteiger charge is -2.10. The number of anilines is 1. The summed E-state index contributed by atoms with van der Waals surface area (Å²) in [4.78, 5) is 13.9. The molecule has 0 radical (unpaired) electrons. The van der Waals surface area contributed by atoms with Crippen LogP contribution >= 0.6 is 46.7 Å². The first-order chi connectivity index (χ1) is 11.1. The first-order valence-corrected chi connectivity index (χ1v) is 9.53. The summed E-state index contributed by atoms with van der Waals surface area (Å²) in [6, 6.07) is 4.38. The standard InChI is InChI=1S/C16H25N5S2.HI/c1-5-13-7-8-14(23-13)10-19-15(17-6-2)18-9-12-11-22-16(20-12)21(3)4;/h7-8,11H,5-6,9-10H2,1-4H3,(H2,17,18,19);1H. The van der Waals surface area contributed by atoms with Gasteiger partial charge in [-0.25, -0.2) is 9.98 Å². The summed E-state index contributed by atoms with van der Waals surface area (Å²) in [6.07, 6.45) is 1.09. The van der Waals surface area contributed by atoms with E-state index in [2.05, 4.69) is 52.0 Å². The molecular weight excluding hydrogens is 453 g/mol. The molecule has 2 heterocycles. The minimum atomic E-state index is 0. The number of nitrogens with one attached hydrogen (secondary N) is 2. The second kappa shape index (κ2) is 10.9. The Balaban J connectivity index is 0.00000288. The average molecular weight is 479 g/mol. The summed E-state index contributed by atoms with van der Waals surface area (Å²) in [5.74, 6) is 0.832. The molecule has 0 aliphatic heterocycles. The molecule has 0 spiro atoms. The molecule has 0 aliphatic carbocycles. The fourth-order valence-corrected chi connectivity index (χ4v) is 3.60. The SMILES string of the molecule is CCNC(=NCc1csc(N(C)C)n1)NCc1ccc(CC)s1.I. The maximum absolute atomic E-state index is 4.62. The zero-order chi connectivity index (χ0) is 16.7. The molecule has 5 nitrogen and oxygen atoms in total. The average Bonchev–Trinajstić information content (AvgIpc) is 3.19. The molecule has 8 heteroatoms. The van der Waals surface area contributed by atoms with Crippen LogP contribution in [0, 0.1) is 0 Å². The number of rotatable bonds is 7. The van der Waals surface area contributed by atoms with Crippen molar-refractivity contribution in [1.82, 2.24) is 15.6 Å². The number of aliphatic imine (C=N–C) groups is 1. The highest BCUT2D eigenvalue weighted by molar-refractivity contribution is 14.0. The van der Waals surface area contributed by atoms with E-state index in [1.807, 2.05) is 30.3 Å². The molecule has 0 fully saturated rings. The van der Waals surface area contributed by atoms with Crippen molar-refractivity contribution in [2.24, 2.45) is 4.99 Å². The summed E-state index contributed by atoms with van der Waals surface area (Å²) in [7, 11) is 4.01. The number of hydrogen-bond acceptors (Lipinski definition) is 5. The van der Waals surface area contributed by atoms with Crippen LogP contribution in [0.2, 0.25) is 0 Å². The molecule has 0 atom stereocenters. The number of guanidine groups is 1. The van der Waals surface area contributed by atoms with Crippen LogP contribution in [-0.2, 0) is 19.5 Å². The maximum Gasteiger partial charge on any atom is 0.191 e. The molecule has 134 valence electrons. The van der Waals surface area contributed by atoms with Gasteiger partial charge in [-0.15, -0.1) is 46.7 Å². The normalized spacial score (nSPS) is 11.1. The van der Waals surface area contributed by atoms with E-state index >= 15 is 0 Å². The predicted molar refractivity (Wildman–Crippen MR) is 117 cm³/mol. The van der Waals surface area contributed by atoms with Gasteiger partial charge in [0.2, 0.25) is 0 Å². The van der Waals surface area contributed by atoms with Crippen molar-refractivity contribution in [3.8, 4) is 0 Å². The van der Waals surface area contributed by atoms with Crippen molar-refractivity contribution >= 4 is 57.7 Å². The predicted octanol–water partition coefficient (Wildman–Crippen LogP) is 3.71. The monoisotopic (exact) mass is 479 g/mol. The largest absolute Gasteiger partial charge is 0.357 e. The minimum absolute atomic E-state index is 0. The van der Waals surface area contributed by atoms with Crippen LogP contribution < -0.4 is 15.5 Å². The lowest BCUT2D eigenvalue weighted by Crippen LogP contribution is -2.36. The molecule has 0 aliphatic rings. The van der Waals surface area contributed by atoms with Gasteiger partial charge in [0.05, 0.1) is 18.8 Å². The van der Waals surface area contributed by atoms with E-state index < -0.39 is 0 Å². The second-order valence-electron chi connectivity index (χ2n) is 5.29. The summed E-state index contributed by atoms with van der Waals surface area (Å²) < 4.78 is 0. The van der Waals surface area contributed by atoms with E-state index in [1.54, 1.807) is 11.3 Å².